The van der Waals surface area contributed by atoms with Gasteiger partial charge in [-0.2, -0.15) is 0 Å². The van der Waals surface area contributed by atoms with Crippen LogP contribution < -0.4 is 22.5 Å². The molecule has 13 fully saturated rings. The van der Waals surface area contributed by atoms with Crippen LogP contribution >= 0.6 is 0 Å². The highest BCUT2D eigenvalue weighted by Gasteiger charge is 2.73. The fourth-order valence-corrected chi connectivity index (χ4v) is 14.3. The number of esters is 15. The lowest BCUT2D eigenvalue weighted by atomic mass is 9.59. The first kappa shape index (κ1) is 51.4. The molecule has 12 atom stereocenters. The molecular formula is C51H34O29. The molecule has 0 amide bonds. The average Bonchev–Trinajstić information content (AvgIpc) is 4.39. The molecule has 8 bridgehead atoms. The molecular weight excluding hydrogens is 1080 g/mol. The number of hydrogen-bond donors (Lipinski definition) is 0. The molecule has 16 rings (SSSR count). The maximum absolute atomic E-state index is 11.7. The highest BCUT2D eigenvalue weighted by Crippen LogP contribution is 2.61. The Bertz CT molecular complexity index is 3370. The maximum atomic E-state index is 11.7. The Morgan fingerprint density at radius 2 is 0.550 bits per heavy atom. The smallest absolute Gasteiger partial charge is 0.346 e. The summed E-state index contributed by atoms with van der Waals surface area (Å²) in [7, 11) is 0. The van der Waals surface area contributed by atoms with Crippen molar-refractivity contribution in [3.05, 3.63) is 66.2 Å². The lowest BCUT2D eigenvalue weighted by Crippen LogP contribution is -2.50. The molecule has 13 aliphatic rings. The minimum Gasteiger partial charge on any atom is -0.431 e. The first-order valence-electron chi connectivity index (χ1n) is 24.8. The second kappa shape index (κ2) is 18.1. The van der Waals surface area contributed by atoms with Gasteiger partial charge in [-0.3, -0.25) is 71.9 Å². The van der Waals surface area contributed by atoms with Gasteiger partial charge in [-0.25, -0.2) is 19.2 Å². The van der Waals surface area contributed by atoms with Crippen molar-refractivity contribution in [2.75, 3.05) is 0 Å². The predicted molar refractivity (Wildman–Crippen MR) is 237 cm³/mol. The number of rotatable bonds is 0. The summed E-state index contributed by atoms with van der Waals surface area (Å²) in [6, 6.07) is 2.29. The number of carbonyl (C=O) groups excluding carboxylic acids is 15. The summed E-state index contributed by atoms with van der Waals surface area (Å²) < 4.78 is 45.4. The van der Waals surface area contributed by atoms with Gasteiger partial charge in [0.2, 0.25) is 0 Å². The number of allylic oxidation sites excluding steroid dienone is 1. The second-order valence-electron chi connectivity index (χ2n) is 21.3. The lowest BCUT2D eigenvalue weighted by Gasteiger charge is -2.33. The number of benzene rings is 1. The molecule has 2 aromatic heterocycles. The van der Waals surface area contributed by atoms with E-state index in [0.717, 1.165) is 12.1 Å². The van der Waals surface area contributed by atoms with Crippen LogP contribution in [0.1, 0.15) is 38.5 Å². The van der Waals surface area contributed by atoms with Gasteiger partial charge in [0.1, 0.15) is 5.76 Å². The summed E-state index contributed by atoms with van der Waals surface area (Å²) in [5.41, 5.74) is -3.30. The number of fused-ring (bicyclic) bond motifs is 25. The minimum atomic E-state index is -0.824. The number of carbonyl (C=O) groups is 15. The first-order valence-corrected chi connectivity index (χ1v) is 24.8. The molecule has 0 N–H and O–H groups in total. The van der Waals surface area contributed by atoms with Gasteiger partial charge in [-0.1, -0.05) is 6.58 Å². The van der Waals surface area contributed by atoms with Gasteiger partial charge in [0.05, 0.1) is 111 Å². The van der Waals surface area contributed by atoms with Crippen LogP contribution in [0.5, 0.6) is 0 Å². The van der Waals surface area contributed by atoms with E-state index in [0.29, 0.717) is 37.9 Å². The van der Waals surface area contributed by atoms with Gasteiger partial charge in [0, 0.05) is 6.42 Å². The normalized spacial score (nSPS) is 37.6. The van der Waals surface area contributed by atoms with Gasteiger partial charge in [0.15, 0.2) is 0 Å². The third-order valence-electron chi connectivity index (χ3n) is 17.7. The molecule has 80 heavy (non-hydrogen) atoms. The van der Waals surface area contributed by atoms with E-state index >= 15 is 0 Å². The largest absolute Gasteiger partial charge is 0.431 e. The molecule has 29 heteroatoms. The monoisotopic (exact) mass is 1110 g/mol. The van der Waals surface area contributed by atoms with Crippen LogP contribution in [-0.4, -0.2) is 89.5 Å². The molecule has 0 spiro atoms. The summed E-state index contributed by atoms with van der Waals surface area (Å²) in [6.07, 6.45) is 2.02. The molecule has 10 heterocycles. The third kappa shape index (κ3) is 7.66. The Morgan fingerprint density at radius 1 is 0.287 bits per heavy atom. The molecule has 5 aliphatic carbocycles. The second-order valence-corrected chi connectivity index (χ2v) is 21.3. The standard InChI is InChI=1S/C12H10O6.C11H10O5.C10H8O6.C10H2O6.C8H4O6/c13-9-3-1-4(10(14)17-9)8-6-2-5(7(3)8)11(15)18-12(6)16;1-4-2-5-6-3-7(8(5)11(14)15-4)10(13)16-9(6)12;11-6-2-3-4-1-5(7(3)10(14)15-6)9(13)16-8(4)12;11-7-3-1-4-6(10(14)16-8(4)12)2-5(3)9(13)15-7;9-5-1-2(6(10)13-5)4-3(1)7(11)14-8(4)12/h3-8H,1-2H2;5-8H,1-3H2;3-5,7H,1-2H2;1-2H;1-4H. The van der Waals surface area contributed by atoms with Gasteiger partial charge in [-0.05, 0) is 61.5 Å². The van der Waals surface area contributed by atoms with Crippen molar-refractivity contribution in [2.45, 2.75) is 38.5 Å². The van der Waals surface area contributed by atoms with Crippen molar-refractivity contribution in [3.8, 4) is 0 Å². The number of furan rings is 2. The average molecular weight is 1110 g/mol. The Hall–Kier alpha value is -9.31. The molecule has 3 aromatic rings. The Morgan fingerprint density at radius 3 is 0.900 bits per heavy atom. The van der Waals surface area contributed by atoms with E-state index in [2.05, 4.69) is 39.1 Å². The minimum absolute atomic E-state index is 0.0138. The molecule has 29 nitrogen and oxygen atoms in total. The zero-order valence-corrected chi connectivity index (χ0v) is 40.3. The molecule has 0 radical (unpaired) electrons. The van der Waals surface area contributed by atoms with E-state index in [1.54, 1.807) is 0 Å². The SMILES string of the molecule is C=C1CC2C3CC(C(=O)OC3=O)C2C(=O)O1.O=C1CC2C3CC(C(=O)OC3=O)C2C(=O)O1.O=C1OC(=O)C2C1C1C(=O)OC(=O)C21.O=C1OC(=O)C2CC1C1C3CC(C(=O)OC3=O)C21.O=c1oc(=O)c2cc3c(=O)oc(=O)c3cc12. The summed E-state index contributed by atoms with van der Waals surface area (Å²) >= 11 is 0. The Labute approximate surface area is 440 Å². The van der Waals surface area contributed by atoms with Crippen LogP contribution in [0.25, 0.3) is 21.5 Å². The number of ether oxygens (including phenoxy) is 8. The van der Waals surface area contributed by atoms with Crippen molar-refractivity contribution < 1.29 is 119 Å². The molecule has 12 unspecified atom stereocenters. The van der Waals surface area contributed by atoms with Crippen molar-refractivity contribution in [3.63, 3.8) is 0 Å². The van der Waals surface area contributed by atoms with Gasteiger partial charge in [-0.15, -0.1) is 0 Å². The van der Waals surface area contributed by atoms with Crippen LogP contribution in [0.2, 0.25) is 0 Å². The van der Waals surface area contributed by atoms with Crippen LogP contribution in [-0.2, 0) is 110 Å². The van der Waals surface area contributed by atoms with Crippen LogP contribution in [0.4, 0.5) is 0 Å². The highest BCUT2D eigenvalue weighted by atomic mass is 16.6. The molecule has 5 saturated carbocycles. The van der Waals surface area contributed by atoms with Gasteiger partial charge in [0.25, 0.3) is 0 Å². The van der Waals surface area contributed by atoms with Crippen molar-refractivity contribution in [2.24, 2.45) is 107 Å². The van der Waals surface area contributed by atoms with E-state index < -0.39 is 195 Å². The summed E-state index contributed by atoms with van der Waals surface area (Å²) in [5, 5.41) is -0.0726. The fraction of sp³-hybridized carbons (Fsp3) is 0.471. The van der Waals surface area contributed by atoms with Gasteiger partial charge >= 0.3 is 112 Å². The van der Waals surface area contributed by atoms with Crippen molar-refractivity contribution >= 4 is 111 Å². The van der Waals surface area contributed by atoms with E-state index in [-0.39, 0.29) is 51.6 Å². The zero-order valence-electron chi connectivity index (χ0n) is 40.3. The highest BCUT2D eigenvalue weighted by molar-refractivity contribution is 6.10. The quantitative estimate of drug-likeness (QED) is 0.0979. The third-order valence-corrected chi connectivity index (χ3v) is 17.7. The van der Waals surface area contributed by atoms with Crippen LogP contribution in [0, 0.1) is 107 Å². The molecule has 412 valence electrons. The first-order chi connectivity index (χ1) is 37.9. The molecule has 8 saturated heterocycles. The van der Waals surface area contributed by atoms with Crippen LogP contribution in [0.15, 0.2) is 52.5 Å². The number of cyclic esters (lactones) is 15. The zero-order chi connectivity index (χ0) is 57.0. The Kier molecular flexibility index (Phi) is 11.7. The van der Waals surface area contributed by atoms with E-state index in [4.69, 9.17) is 14.2 Å². The molecule has 8 aliphatic heterocycles. The van der Waals surface area contributed by atoms with E-state index in [1.165, 1.54) is 0 Å². The molecule has 1 aromatic carbocycles. The summed E-state index contributed by atoms with van der Waals surface area (Å²) in [5.74, 6) is -17.9. The van der Waals surface area contributed by atoms with Crippen molar-refractivity contribution in [1.29, 1.82) is 0 Å². The lowest BCUT2D eigenvalue weighted by molar-refractivity contribution is -0.175. The summed E-state index contributed by atoms with van der Waals surface area (Å²) in [6.45, 7) is 3.60. The van der Waals surface area contributed by atoms with Crippen molar-refractivity contribution in [1.82, 2.24) is 0 Å². The van der Waals surface area contributed by atoms with Gasteiger partial charge < -0.3 is 46.7 Å². The summed E-state index contributed by atoms with van der Waals surface area (Å²) in [4.78, 5) is 216. The van der Waals surface area contributed by atoms with E-state index in [1.807, 2.05) is 0 Å². The topological polar surface area (TPSA) is 424 Å². The fourth-order valence-electron chi connectivity index (χ4n) is 14.3. The Balaban J connectivity index is 0.0000000997. The van der Waals surface area contributed by atoms with Crippen LogP contribution in [0.3, 0.4) is 0 Å². The predicted octanol–water partition coefficient (Wildman–Crippen LogP) is -2.40. The van der Waals surface area contributed by atoms with E-state index in [9.17, 15) is 91.1 Å². The number of hydrogen-bond acceptors (Lipinski definition) is 29. The maximum Gasteiger partial charge on any atom is 0.346 e.